The zero-order chi connectivity index (χ0) is 11.5. The first kappa shape index (κ1) is 10.9. The van der Waals surface area contributed by atoms with Gasteiger partial charge in [-0.25, -0.2) is 0 Å². The smallest absolute Gasteiger partial charge is 0.0891 e. The van der Waals surface area contributed by atoms with Crippen molar-refractivity contribution in [2.45, 2.75) is 13.3 Å². The zero-order valence-electron chi connectivity index (χ0n) is 8.94. The van der Waals surface area contributed by atoms with Crippen LogP contribution in [0.2, 0.25) is 5.02 Å². The summed E-state index contributed by atoms with van der Waals surface area (Å²) in [5, 5.41) is 10.4. The summed E-state index contributed by atoms with van der Waals surface area (Å²) in [6.07, 6.45) is 0.664. The first-order valence-electron chi connectivity index (χ1n) is 5.14. The Kier molecular flexibility index (Phi) is 3.07. The second-order valence-corrected chi connectivity index (χ2v) is 4.26. The average molecular weight is 231 g/mol. The number of hydrogen-bond acceptors (Lipinski definition) is 2. The number of pyridine rings is 1. The molecule has 0 bridgehead atoms. The highest BCUT2D eigenvalue weighted by Crippen LogP contribution is 2.22. The molecule has 0 saturated heterocycles. The van der Waals surface area contributed by atoms with Crippen LogP contribution in [0.25, 0.3) is 10.9 Å². The lowest BCUT2D eigenvalue weighted by Gasteiger charge is -2.05. The number of aromatic nitrogens is 1. The van der Waals surface area contributed by atoms with E-state index in [1.165, 1.54) is 0 Å². The molecule has 1 aromatic heterocycles. The van der Waals surface area contributed by atoms with Crippen molar-refractivity contribution < 1.29 is 0 Å². The van der Waals surface area contributed by atoms with Crippen LogP contribution < -0.4 is 0 Å². The lowest BCUT2D eigenvalue weighted by atomic mass is 10.1. The molecule has 1 atom stereocenters. The minimum Gasteiger partial charge on any atom is -0.251 e. The van der Waals surface area contributed by atoms with Gasteiger partial charge in [-0.2, -0.15) is 5.26 Å². The summed E-state index contributed by atoms with van der Waals surface area (Å²) in [5.74, 6) is -0.0209. The summed E-state index contributed by atoms with van der Waals surface area (Å²) >= 11 is 6.07. The molecule has 1 heterocycles. The summed E-state index contributed by atoms with van der Waals surface area (Å²) in [7, 11) is 0. The molecule has 0 aliphatic carbocycles. The average Bonchev–Trinajstić information content (AvgIpc) is 2.30. The minimum atomic E-state index is -0.0209. The van der Waals surface area contributed by atoms with E-state index in [1.807, 2.05) is 37.3 Å². The molecule has 80 valence electrons. The molecule has 1 aromatic carbocycles. The molecular formula is C13H11ClN2. The Morgan fingerprint density at radius 1 is 1.38 bits per heavy atom. The summed E-state index contributed by atoms with van der Waals surface area (Å²) in [4.78, 5) is 4.48. The van der Waals surface area contributed by atoms with Crippen molar-refractivity contribution in [3.05, 3.63) is 41.0 Å². The second-order valence-electron chi connectivity index (χ2n) is 3.85. The Morgan fingerprint density at radius 2 is 2.19 bits per heavy atom. The van der Waals surface area contributed by atoms with Crippen molar-refractivity contribution in [2.24, 2.45) is 5.92 Å². The van der Waals surface area contributed by atoms with E-state index in [-0.39, 0.29) is 5.92 Å². The van der Waals surface area contributed by atoms with Gasteiger partial charge in [-0.15, -0.1) is 0 Å². The van der Waals surface area contributed by atoms with Crippen LogP contribution in [0, 0.1) is 17.2 Å². The van der Waals surface area contributed by atoms with Gasteiger partial charge in [0.25, 0.3) is 0 Å². The molecule has 0 radical (unpaired) electrons. The highest BCUT2D eigenvalue weighted by molar-refractivity contribution is 6.35. The third-order valence-corrected chi connectivity index (χ3v) is 2.77. The van der Waals surface area contributed by atoms with Crippen LogP contribution in [0.1, 0.15) is 12.6 Å². The number of nitriles is 1. The number of hydrogen-bond donors (Lipinski definition) is 0. The lowest BCUT2D eigenvalue weighted by Crippen LogP contribution is -1.99. The van der Waals surface area contributed by atoms with Crippen molar-refractivity contribution in [1.82, 2.24) is 4.98 Å². The fourth-order valence-electron chi connectivity index (χ4n) is 1.62. The molecule has 0 aliphatic rings. The molecule has 1 unspecified atom stereocenters. The molecule has 16 heavy (non-hydrogen) atoms. The van der Waals surface area contributed by atoms with Crippen molar-refractivity contribution in [3.8, 4) is 6.07 Å². The van der Waals surface area contributed by atoms with E-state index < -0.39 is 0 Å². The Labute approximate surface area is 99.5 Å². The van der Waals surface area contributed by atoms with E-state index in [1.54, 1.807) is 0 Å². The molecule has 0 saturated carbocycles. The van der Waals surface area contributed by atoms with Crippen molar-refractivity contribution in [1.29, 1.82) is 5.26 Å². The zero-order valence-corrected chi connectivity index (χ0v) is 9.70. The van der Waals surface area contributed by atoms with E-state index in [2.05, 4.69) is 11.1 Å². The molecule has 0 fully saturated rings. The van der Waals surface area contributed by atoms with E-state index >= 15 is 0 Å². The number of benzene rings is 1. The van der Waals surface area contributed by atoms with Crippen LogP contribution in [-0.2, 0) is 6.42 Å². The summed E-state index contributed by atoms with van der Waals surface area (Å²) in [5.41, 5.74) is 1.72. The van der Waals surface area contributed by atoms with Crippen LogP contribution in [0.15, 0.2) is 30.3 Å². The Bertz CT molecular complexity index is 557. The number of nitrogens with zero attached hydrogens (tertiary/aromatic N) is 2. The molecule has 2 nitrogen and oxygen atoms in total. The van der Waals surface area contributed by atoms with E-state index in [4.69, 9.17) is 16.9 Å². The predicted molar refractivity (Wildman–Crippen MR) is 65.2 cm³/mol. The van der Waals surface area contributed by atoms with Gasteiger partial charge in [-0.05, 0) is 19.1 Å². The third-order valence-electron chi connectivity index (χ3n) is 2.46. The fourth-order valence-corrected chi connectivity index (χ4v) is 1.85. The molecule has 0 N–H and O–H groups in total. The van der Waals surface area contributed by atoms with Gasteiger partial charge in [0, 0.05) is 23.4 Å². The minimum absolute atomic E-state index is 0.0209. The number of fused-ring (bicyclic) bond motifs is 1. The maximum Gasteiger partial charge on any atom is 0.0891 e. The van der Waals surface area contributed by atoms with Gasteiger partial charge in [0.05, 0.1) is 16.6 Å². The Balaban J connectivity index is 2.44. The van der Waals surface area contributed by atoms with Gasteiger partial charge in [0.2, 0.25) is 0 Å². The first-order chi connectivity index (χ1) is 7.70. The predicted octanol–water partition coefficient (Wildman–Crippen LogP) is 3.59. The number of para-hydroxylation sites is 1. The van der Waals surface area contributed by atoms with E-state index in [0.29, 0.717) is 11.4 Å². The number of halogens is 1. The molecule has 2 aromatic rings. The highest BCUT2D eigenvalue weighted by Gasteiger charge is 2.05. The quantitative estimate of drug-likeness (QED) is 0.791. The maximum absolute atomic E-state index is 8.76. The van der Waals surface area contributed by atoms with Crippen LogP contribution >= 0.6 is 11.6 Å². The maximum atomic E-state index is 8.76. The lowest BCUT2D eigenvalue weighted by molar-refractivity contribution is 0.724. The molecule has 0 spiro atoms. The topological polar surface area (TPSA) is 36.7 Å². The Morgan fingerprint density at radius 3 is 2.94 bits per heavy atom. The molecule has 3 heteroatoms. The van der Waals surface area contributed by atoms with E-state index in [0.717, 1.165) is 16.6 Å². The summed E-state index contributed by atoms with van der Waals surface area (Å²) in [6, 6.07) is 11.9. The third kappa shape index (κ3) is 2.15. The van der Waals surface area contributed by atoms with Crippen molar-refractivity contribution >= 4 is 22.5 Å². The first-order valence-corrected chi connectivity index (χ1v) is 5.52. The largest absolute Gasteiger partial charge is 0.251 e. The van der Waals surface area contributed by atoms with Crippen LogP contribution in [0.3, 0.4) is 0 Å². The van der Waals surface area contributed by atoms with E-state index in [9.17, 15) is 0 Å². The highest BCUT2D eigenvalue weighted by atomic mass is 35.5. The van der Waals surface area contributed by atoms with Crippen LogP contribution in [0.4, 0.5) is 0 Å². The van der Waals surface area contributed by atoms with Gasteiger partial charge < -0.3 is 0 Å². The fraction of sp³-hybridized carbons (Fsp3) is 0.231. The summed E-state index contributed by atoms with van der Waals surface area (Å²) in [6.45, 7) is 1.89. The van der Waals surface area contributed by atoms with Gasteiger partial charge in [-0.3, -0.25) is 4.98 Å². The van der Waals surface area contributed by atoms with Crippen LogP contribution in [-0.4, -0.2) is 4.98 Å². The SMILES string of the molecule is CC(C#N)Cc1ccc2cccc(Cl)c2n1. The van der Waals surface area contributed by atoms with Gasteiger partial charge in [-0.1, -0.05) is 29.8 Å². The summed E-state index contributed by atoms with van der Waals surface area (Å²) < 4.78 is 0. The van der Waals surface area contributed by atoms with Crippen molar-refractivity contribution in [3.63, 3.8) is 0 Å². The second kappa shape index (κ2) is 4.51. The van der Waals surface area contributed by atoms with Gasteiger partial charge >= 0.3 is 0 Å². The number of rotatable bonds is 2. The molecular weight excluding hydrogens is 220 g/mol. The normalized spacial score (nSPS) is 12.3. The van der Waals surface area contributed by atoms with Gasteiger partial charge in [0.15, 0.2) is 0 Å². The molecule has 0 aliphatic heterocycles. The Hall–Kier alpha value is -1.59. The monoisotopic (exact) mass is 230 g/mol. The van der Waals surface area contributed by atoms with Crippen molar-refractivity contribution in [2.75, 3.05) is 0 Å². The standard InChI is InChI=1S/C13H11ClN2/c1-9(8-15)7-11-6-5-10-3-2-4-12(14)13(10)16-11/h2-6,9H,7H2,1H3. The van der Waals surface area contributed by atoms with Gasteiger partial charge in [0.1, 0.15) is 0 Å². The van der Waals surface area contributed by atoms with Crippen LogP contribution in [0.5, 0.6) is 0 Å². The molecule has 0 amide bonds. The molecule has 2 rings (SSSR count).